The normalized spacial score (nSPS) is 14.2. The van der Waals surface area contributed by atoms with Crippen molar-refractivity contribution in [2.75, 3.05) is 31.6 Å². The highest BCUT2D eigenvalue weighted by Crippen LogP contribution is 2.25. The molecule has 1 saturated heterocycles. The number of aromatic nitrogens is 4. The largest absolute Gasteiger partial charge is 0.378 e. The van der Waals surface area contributed by atoms with Crippen molar-refractivity contribution in [2.45, 2.75) is 33.7 Å². The highest BCUT2D eigenvalue weighted by molar-refractivity contribution is 5.96. The lowest BCUT2D eigenvalue weighted by Gasteiger charge is -2.27. The molecule has 1 N–H and O–H groups in total. The van der Waals surface area contributed by atoms with Crippen LogP contribution in [0.1, 0.15) is 41.6 Å². The summed E-state index contributed by atoms with van der Waals surface area (Å²) >= 11 is 0. The quantitative estimate of drug-likeness (QED) is 0.677. The molecule has 0 radical (unpaired) electrons. The lowest BCUT2D eigenvalue weighted by atomic mass is 10.1. The number of carbonyl (C=O) groups excluding carboxylic acids is 1. The summed E-state index contributed by atoms with van der Waals surface area (Å²) in [5.41, 5.74) is 4.22. The van der Waals surface area contributed by atoms with Crippen LogP contribution in [0.2, 0.25) is 0 Å². The van der Waals surface area contributed by atoms with Gasteiger partial charge in [-0.2, -0.15) is 0 Å². The molecule has 1 aliphatic heterocycles. The summed E-state index contributed by atoms with van der Waals surface area (Å²) in [6, 6.07) is 7.86. The molecule has 8 heteroatoms. The molecule has 3 heterocycles. The van der Waals surface area contributed by atoms with Crippen molar-refractivity contribution in [3.63, 3.8) is 0 Å². The number of hydrogen-bond acceptors (Lipinski definition) is 6. The maximum atomic E-state index is 12.8. The Morgan fingerprint density at radius 2 is 1.90 bits per heavy atom. The zero-order valence-corrected chi connectivity index (χ0v) is 18.4. The second-order valence-corrected chi connectivity index (χ2v) is 7.98. The molecule has 0 spiro atoms. The predicted molar refractivity (Wildman–Crippen MR) is 120 cm³/mol. The van der Waals surface area contributed by atoms with Gasteiger partial charge in [-0.15, -0.1) is 0 Å². The summed E-state index contributed by atoms with van der Waals surface area (Å²) in [6.45, 7) is 10.6. The van der Waals surface area contributed by atoms with E-state index in [1.54, 1.807) is 6.20 Å². The standard InChI is InChI=1S/C23H28N6O2/c1-15(2)29-17(4)25-14-21(29)20-7-8-24-23(27-20)26-18-5-6-19(16(3)13-18)22(30)28-9-11-31-12-10-28/h5-8,13-15H,9-12H2,1-4H3,(H,24,26,27). The molecule has 31 heavy (non-hydrogen) atoms. The SMILES string of the molecule is Cc1cc(Nc2nccc(-c3cnc(C)n3C(C)C)n2)ccc1C(=O)N1CCOCC1. The van der Waals surface area contributed by atoms with Crippen molar-refractivity contribution in [1.82, 2.24) is 24.4 Å². The van der Waals surface area contributed by atoms with Gasteiger partial charge < -0.3 is 19.5 Å². The Bertz CT molecular complexity index is 1090. The number of benzene rings is 1. The maximum absolute atomic E-state index is 12.8. The number of morpholine rings is 1. The number of imidazole rings is 1. The van der Waals surface area contributed by atoms with Crippen LogP contribution in [0.3, 0.4) is 0 Å². The molecular weight excluding hydrogens is 392 g/mol. The highest BCUT2D eigenvalue weighted by Gasteiger charge is 2.20. The first-order chi connectivity index (χ1) is 14.9. The minimum Gasteiger partial charge on any atom is -0.378 e. The average molecular weight is 421 g/mol. The first-order valence-corrected chi connectivity index (χ1v) is 10.6. The lowest BCUT2D eigenvalue weighted by molar-refractivity contribution is 0.0302. The Balaban J connectivity index is 1.54. The van der Waals surface area contributed by atoms with Gasteiger partial charge in [-0.1, -0.05) is 0 Å². The predicted octanol–water partition coefficient (Wildman–Crippen LogP) is 3.75. The fourth-order valence-corrected chi connectivity index (χ4v) is 3.90. The smallest absolute Gasteiger partial charge is 0.254 e. The van der Waals surface area contributed by atoms with E-state index in [0.717, 1.165) is 28.5 Å². The average Bonchev–Trinajstić information content (AvgIpc) is 3.16. The molecule has 162 valence electrons. The fraction of sp³-hybridized carbons (Fsp3) is 0.391. The number of anilines is 2. The van der Waals surface area contributed by atoms with Crippen LogP contribution in [-0.4, -0.2) is 56.6 Å². The van der Waals surface area contributed by atoms with Crippen LogP contribution in [0.4, 0.5) is 11.6 Å². The molecule has 1 amide bonds. The van der Waals surface area contributed by atoms with Gasteiger partial charge in [-0.3, -0.25) is 4.79 Å². The van der Waals surface area contributed by atoms with Gasteiger partial charge in [0.1, 0.15) is 5.82 Å². The zero-order valence-electron chi connectivity index (χ0n) is 18.4. The second kappa shape index (κ2) is 8.85. The summed E-state index contributed by atoms with van der Waals surface area (Å²) in [4.78, 5) is 28.1. The van der Waals surface area contributed by atoms with E-state index in [1.165, 1.54) is 0 Å². The summed E-state index contributed by atoms with van der Waals surface area (Å²) in [7, 11) is 0. The van der Waals surface area contributed by atoms with Crippen LogP contribution in [0.15, 0.2) is 36.7 Å². The van der Waals surface area contributed by atoms with Crippen LogP contribution in [0.5, 0.6) is 0 Å². The van der Waals surface area contributed by atoms with E-state index in [0.29, 0.717) is 37.8 Å². The van der Waals surface area contributed by atoms with Crippen LogP contribution in [0.25, 0.3) is 11.4 Å². The van der Waals surface area contributed by atoms with Gasteiger partial charge in [0.25, 0.3) is 5.91 Å². The molecule has 1 aliphatic rings. The van der Waals surface area contributed by atoms with Gasteiger partial charge in [0.2, 0.25) is 5.95 Å². The summed E-state index contributed by atoms with van der Waals surface area (Å²) < 4.78 is 7.50. The topological polar surface area (TPSA) is 85.2 Å². The van der Waals surface area contributed by atoms with Crippen LogP contribution < -0.4 is 5.32 Å². The molecule has 0 saturated carbocycles. The molecule has 0 aliphatic carbocycles. The van der Waals surface area contributed by atoms with Crippen molar-refractivity contribution < 1.29 is 9.53 Å². The fourth-order valence-electron chi connectivity index (χ4n) is 3.90. The van der Waals surface area contributed by atoms with Crippen molar-refractivity contribution in [1.29, 1.82) is 0 Å². The van der Waals surface area contributed by atoms with Gasteiger partial charge in [0.05, 0.1) is 30.8 Å². The number of hydrogen-bond donors (Lipinski definition) is 1. The van der Waals surface area contributed by atoms with Gasteiger partial charge >= 0.3 is 0 Å². The van der Waals surface area contributed by atoms with Crippen molar-refractivity contribution in [2.24, 2.45) is 0 Å². The van der Waals surface area contributed by atoms with Crippen molar-refractivity contribution in [3.05, 3.63) is 53.6 Å². The summed E-state index contributed by atoms with van der Waals surface area (Å²) in [5.74, 6) is 1.50. The van der Waals surface area contributed by atoms with Crippen molar-refractivity contribution >= 4 is 17.5 Å². The Hall–Kier alpha value is -3.26. The molecule has 0 bridgehead atoms. The van der Waals surface area contributed by atoms with E-state index < -0.39 is 0 Å². The third kappa shape index (κ3) is 4.44. The number of nitrogens with zero attached hydrogens (tertiary/aromatic N) is 5. The van der Waals surface area contributed by atoms with E-state index in [4.69, 9.17) is 4.74 Å². The van der Waals surface area contributed by atoms with E-state index in [-0.39, 0.29) is 11.9 Å². The number of carbonyl (C=O) groups is 1. The zero-order chi connectivity index (χ0) is 22.0. The molecule has 1 aromatic carbocycles. The second-order valence-electron chi connectivity index (χ2n) is 7.98. The van der Waals surface area contributed by atoms with E-state index in [2.05, 4.69) is 38.7 Å². The minimum absolute atomic E-state index is 0.0444. The van der Waals surface area contributed by atoms with E-state index in [1.807, 2.05) is 49.2 Å². The molecule has 1 fully saturated rings. The lowest BCUT2D eigenvalue weighted by Crippen LogP contribution is -2.40. The Morgan fingerprint density at radius 3 is 2.61 bits per heavy atom. The minimum atomic E-state index is 0.0444. The third-order valence-electron chi connectivity index (χ3n) is 5.43. The summed E-state index contributed by atoms with van der Waals surface area (Å²) in [6.07, 6.45) is 3.58. The molecule has 2 aromatic heterocycles. The first-order valence-electron chi connectivity index (χ1n) is 10.6. The Labute approximate surface area is 182 Å². The van der Waals surface area contributed by atoms with E-state index in [9.17, 15) is 4.79 Å². The van der Waals surface area contributed by atoms with Gasteiger partial charge in [0.15, 0.2) is 0 Å². The van der Waals surface area contributed by atoms with Crippen molar-refractivity contribution in [3.8, 4) is 11.4 Å². The molecule has 0 unspecified atom stereocenters. The maximum Gasteiger partial charge on any atom is 0.254 e. The molecule has 3 aromatic rings. The molecular formula is C23H28N6O2. The monoisotopic (exact) mass is 420 g/mol. The Kier molecular flexibility index (Phi) is 5.99. The van der Waals surface area contributed by atoms with Gasteiger partial charge in [-0.25, -0.2) is 15.0 Å². The number of nitrogens with one attached hydrogen (secondary N) is 1. The number of amides is 1. The summed E-state index contributed by atoms with van der Waals surface area (Å²) in [5, 5.41) is 3.26. The van der Waals surface area contributed by atoms with Crippen LogP contribution in [0, 0.1) is 13.8 Å². The molecule has 4 rings (SSSR count). The first kappa shape index (κ1) is 21.0. The number of aryl methyl sites for hydroxylation is 2. The number of ether oxygens (including phenoxy) is 1. The molecule has 8 nitrogen and oxygen atoms in total. The molecule has 0 atom stereocenters. The number of rotatable bonds is 5. The van der Waals surface area contributed by atoms with Crippen LogP contribution in [-0.2, 0) is 4.74 Å². The Morgan fingerprint density at radius 1 is 1.13 bits per heavy atom. The van der Waals surface area contributed by atoms with Crippen LogP contribution >= 0.6 is 0 Å². The third-order valence-corrected chi connectivity index (χ3v) is 5.43. The van der Waals surface area contributed by atoms with Gasteiger partial charge in [0, 0.05) is 36.6 Å². The highest BCUT2D eigenvalue weighted by atomic mass is 16.5. The van der Waals surface area contributed by atoms with E-state index >= 15 is 0 Å². The van der Waals surface area contributed by atoms with Gasteiger partial charge in [-0.05, 0) is 57.5 Å².